The van der Waals surface area contributed by atoms with E-state index in [0.717, 1.165) is 6.26 Å². The molecule has 102 valence electrons. The third-order valence-electron chi connectivity index (χ3n) is 2.95. The number of benzene rings is 1. The lowest BCUT2D eigenvalue weighted by Gasteiger charge is -2.16. The van der Waals surface area contributed by atoms with Crippen molar-refractivity contribution in [3.8, 4) is 0 Å². The maximum atomic E-state index is 11.8. The zero-order valence-electron chi connectivity index (χ0n) is 10.3. The fraction of sp³-hybridized carbons (Fsp3) is 0.333. The summed E-state index contributed by atoms with van der Waals surface area (Å²) in [6, 6.07) is 4.41. The molecule has 0 radical (unpaired) electrons. The Labute approximate surface area is 110 Å². The van der Waals surface area contributed by atoms with Crippen LogP contribution in [0.4, 0.5) is 5.69 Å². The van der Waals surface area contributed by atoms with Crippen molar-refractivity contribution in [2.45, 2.75) is 6.42 Å². The van der Waals surface area contributed by atoms with Crippen LogP contribution in [0.25, 0.3) is 0 Å². The highest BCUT2D eigenvalue weighted by molar-refractivity contribution is 7.90. The zero-order valence-corrected chi connectivity index (χ0v) is 11.1. The van der Waals surface area contributed by atoms with Crippen molar-refractivity contribution in [3.05, 3.63) is 29.3 Å². The van der Waals surface area contributed by atoms with E-state index in [9.17, 15) is 18.0 Å². The summed E-state index contributed by atoms with van der Waals surface area (Å²) in [4.78, 5) is 24.0. The number of fused-ring (bicyclic) bond motifs is 1. The molecule has 6 nitrogen and oxygen atoms in total. The van der Waals surface area contributed by atoms with Gasteiger partial charge in [0.2, 0.25) is 5.91 Å². The highest BCUT2D eigenvalue weighted by Gasteiger charge is 2.28. The molecule has 0 unspecified atom stereocenters. The predicted molar refractivity (Wildman–Crippen MR) is 69.2 cm³/mol. The second-order valence-corrected chi connectivity index (χ2v) is 6.76. The van der Waals surface area contributed by atoms with E-state index in [1.165, 1.54) is 17.0 Å². The van der Waals surface area contributed by atoms with Gasteiger partial charge in [-0.15, -0.1) is 0 Å². The average Bonchev–Trinajstić information content (AvgIpc) is 2.59. The number of rotatable bonds is 4. The van der Waals surface area contributed by atoms with Crippen molar-refractivity contribution >= 4 is 27.4 Å². The number of carboxylic acids is 1. The van der Waals surface area contributed by atoms with Crippen LogP contribution in [-0.4, -0.2) is 44.0 Å². The lowest BCUT2D eigenvalue weighted by atomic mass is 10.1. The Morgan fingerprint density at radius 3 is 2.68 bits per heavy atom. The number of carbonyl (C=O) groups excluding carboxylic acids is 1. The molecule has 7 heteroatoms. The molecule has 1 heterocycles. The van der Waals surface area contributed by atoms with Gasteiger partial charge in [0.25, 0.3) is 0 Å². The highest BCUT2D eigenvalue weighted by atomic mass is 32.2. The predicted octanol–water partition coefficient (Wildman–Crippen LogP) is 0.318. The van der Waals surface area contributed by atoms with Crippen molar-refractivity contribution < 1.29 is 23.1 Å². The Morgan fingerprint density at radius 1 is 1.42 bits per heavy atom. The largest absolute Gasteiger partial charge is 0.478 e. The van der Waals surface area contributed by atoms with Gasteiger partial charge in [-0.2, -0.15) is 0 Å². The van der Waals surface area contributed by atoms with Crippen LogP contribution in [0.1, 0.15) is 15.9 Å². The molecule has 0 aliphatic carbocycles. The van der Waals surface area contributed by atoms with Gasteiger partial charge in [0.15, 0.2) is 0 Å². The Kier molecular flexibility index (Phi) is 3.32. The summed E-state index contributed by atoms with van der Waals surface area (Å²) in [5.41, 5.74) is 1.34. The van der Waals surface area contributed by atoms with Gasteiger partial charge in [-0.25, -0.2) is 13.2 Å². The molecule has 1 aliphatic heterocycles. The van der Waals surface area contributed by atoms with Gasteiger partial charge < -0.3 is 10.0 Å². The van der Waals surface area contributed by atoms with Gasteiger partial charge in [0.1, 0.15) is 9.84 Å². The number of sulfone groups is 1. The Balaban J connectivity index is 2.27. The Bertz CT molecular complexity index is 650. The average molecular weight is 283 g/mol. The molecule has 1 aromatic rings. The van der Waals surface area contributed by atoms with Gasteiger partial charge in [-0.3, -0.25) is 4.79 Å². The number of aromatic carboxylic acids is 1. The fourth-order valence-electron chi connectivity index (χ4n) is 2.02. The lowest BCUT2D eigenvalue weighted by molar-refractivity contribution is -0.117. The van der Waals surface area contributed by atoms with Crippen LogP contribution in [0.2, 0.25) is 0 Å². The van der Waals surface area contributed by atoms with Crippen LogP contribution >= 0.6 is 0 Å². The number of anilines is 1. The number of carbonyl (C=O) groups is 2. The molecule has 0 fully saturated rings. The SMILES string of the molecule is CS(=O)(=O)CCN1C(=O)Cc2cc(C(=O)O)ccc21. The summed E-state index contributed by atoms with van der Waals surface area (Å²) in [5, 5.41) is 8.88. The number of carboxylic acid groups (broad SMARTS) is 1. The summed E-state index contributed by atoms with van der Waals surface area (Å²) in [5.74, 6) is -1.37. The second-order valence-electron chi connectivity index (χ2n) is 4.50. The molecular formula is C12H13NO5S. The molecule has 0 bridgehead atoms. The second kappa shape index (κ2) is 4.65. The summed E-state index contributed by atoms with van der Waals surface area (Å²) in [7, 11) is -3.15. The van der Waals surface area contributed by atoms with Gasteiger partial charge in [-0.05, 0) is 23.8 Å². The molecule has 0 saturated carbocycles. The number of amides is 1. The normalized spacial score (nSPS) is 14.6. The first kappa shape index (κ1) is 13.5. The van der Waals surface area contributed by atoms with Crippen molar-refractivity contribution in [2.75, 3.05) is 23.5 Å². The van der Waals surface area contributed by atoms with E-state index in [-0.39, 0.29) is 30.2 Å². The van der Waals surface area contributed by atoms with Crippen LogP contribution in [0.15, 0.2) is 18.2 Å². The minimum Gasteiger partial charge on any atom is -0.478 e. The van der Waals surface area contributed by atoms with Crippen LogP contribution in [0.5, 0.6) is 0 Å². The molecule has 2 rings (SSSR count). The first-order valence-corrected chi connectivity index (χ1v) is 7.68. The lowest BCUT2D eigenvalue weighted by Crippen LogP contribution is -2.31. The van der Waals surface area contributed by atoms with Crippen LogP contribution in [-0.2, 0) is 21.1 Å². The minimum atomic E-state index is -3.15. The molecule has 19 heavy (non-hydrogen) atoms. The summed E-state index contributed by atoms with van der Waals surface area (Å²) < 4.78 is 22.3. The van der Waals surface area contributed by atoms with E-state index in [0.29, 0.717) is 11.3 Å². The first-order chi connectivity index (χ1) is 8.78. The van der Waals surface area contributed by atoms with E-state index in [1.54, 1.807) is 6.07 Å². The van der Waals surface area contributed by atoms with E-state index < -0.39 is 15.8 Å². The van der Waals surface area contributed by atoms with Crippen LogP contribution < -0.4 is 4.90 Å². The maximum absolute atomic E-state index is 11.8. The topological polar surface area (TPSA) is 91.8 Å². The van der Waals surface area contributed by atoms with Gasteiger partial charge in [0, 0.05) is 18.5 Å². The van der Waals surface area contributed by atoms with Gasteiger partial charge >= 0.3 is 5.97 Å². The van der Waals surface area contributed by atoms with Crippen molar-refractivity contribution in [1.82, 2.24) is 0 Å². The highest BCUT2D eigenvalue weighted by Crippen LogP contribution is 2.29. The molecule has 1 aliphatic rings. The van der Waals surface area contributed by atoms with Crippen LogP contribution in [0, 0.1) is 0 Å². The van der Waals surface area contributed by atoms with Crippen molar-refractivity contribution in [1.29, 1.82) is 0 Å². The Morgan fingerprint density at radius 2 is 2.11 bits per heavy atom. The molecule has 1 N–H and O–H groups in total. The summed E-state index contributed by atoms with van der Waals surface area (Å²) in [6.45, 7) is 0.0943. The van der Waals surface area contributed by atoms with Gasteiger partial charge in [0.05, 0.1) is 17.7 Å². The van der Waals surface area contributed by atoms with Crippen molar-refractivity contribution in [3.63, 3.8) is 0 Å². The minimum absolute atomic E-state index is 0.0943. The van der Waals surface area contributed by atoms with E-state index in [1.807, 2.05) is 0 Å². The van der Waals surface area contributed by atoms with Gasteiger partial charge in [-0.1, -0.05) is 0 Å². The third kappa shape index (κ3) is 2.93. The smallest absolute Gasteiger partial charge is 0.335 e. The summed E-state index contributed by atoms with van der Waals surface area (Å²) in [6.07, 6.45) is 1.22. The number of hydrogen-bond donors (Lipinski definition) is 1. The standard InChI is InChI=1S/C12H13NO5S/c1-19(17,18)5-4-13-10-3-2-8(12(15)16)6-9(10)7-11(13)14/h2-3,6H,4-5,7H2,1H3,(H,15,16). The van der Waals surface area contributed by atoms with E-state index in [4.69, 9.17) is 5.11 Å². The Hall–Kier alpha value is -1.89. The zero-order chi connectivity index (χ0) is 14.2. The quantitative estimate of drug-likeness (QED) is 0.859. The molecule has 0 saturated heterocycles. The third-order valence-corrected chi connectivity index (χ3v) is 3.87. The summed E-state index contributed by atoms with van der Waals surface area (Å²) >= 11 is 0. The monoisotopic (exact) mass is 283 g/mol. The van der Waals surface area contributed by atoms with Crippen LogP contribution in [0.3, 0.4) is 0 Å². The molecule has 0 aromatic heterocycles. The molecule has 1 aromatic carbocycles. The van der Waals surface area contributed by atoms with Crippen molar-refractivity contribution in [2.24, 2.45) is 0 Å². The molecular weight excluding hydrogens is 270 g/mol. The number of hydrogen-bond acceptors (Lipinski definition) is 4. The first-order valence-electron chi connectivity index (χ1n) is 5.62. The molecule has 0 spiro atoms. The molecule has 0 atom stereocenters. The van der Waals surface area contributed by atoms with E-state index in [2.05, 4.69) is 0 Å². The fourth-order valence-corrected chi connectivity index (χ4v) is 2.53. The molecule has 1 amide bonds. The maximum Gasteiger partial charge on any atom is 0.335 e. The number of nitrogens with zero attached hydrogens (tertiary/aromatic N) is 1. The van der Waals surface area contributed by atoms with E-state index >= 15 is 0 Å².